The molecule has 0 radical (unpaired) electrons. The Labute approximate surface area is 140 Å². The predicted octanol–water partition coefficient (Wildman–Crippen LogP) is 3.25. The average molecular weight is 349 g/mol. The summed E-state index contributed by atoms with van der Waals surface area (Å²) in [6, 6.07) is 7.72. The van der Waals surface area contributed by atoms with Crippen molar-refractivity contribution in [1.82, 2.24) is 9.38 Å². The number of pyridine rings is 1. The highest BCUT2D eigenvalue weighted by Crippen LogP contribution is 2.37. The number of rotatable bonds is 3. The summed E-state index contributed by atoms with van der Waals surface area (Å²) in [5.74, 6) is 1.22. The van der Waals surface area contributed by atoms with E-state index in [0.717, 1.165) is 17.8 Å². The first-order valence-corrected chi connectivity index (χ1v) is 7.65. The van der Waals surface area contributed by atoms with Crippen molar-refractivity contribution in [2.75, 3.05) is 13.3 Å². The Morgan fingerprint density at radius 3 is 2.68 bits per heavy atom. The smallest absolute Gasteiger partial charge is 0.417 e. The summed E-state index contributed by atoms with van der Waals surface area (Å²) in [4.78, 5) is 4.49. The Morgan fingerprint density at radius 2 is 1.92 bits per heavy atom. The molecule has 5 nitrogen and oxygen atoms in total. The van der Waals surface area contributed by atoms with Crippen molar-refractivity contribution in [3.63, 3.8) is 0 Å². The highest BCUT2D eigenvalue weighted by atomic mass is 19.4. The molecule has 3 aromatic rings. The lowest BCUT2D eigenvalue weighted by Crippen LogP contribution is -2.09. The molecule has 0 fully saturated rings. The van der Waals surface area contributed by atoms with E-state index in [0.29, 0.717) is 41.5 Å². The van der Waals surface area contributed by atoms with Crippen LogP contribution in [0.25, 0.3) is 16.9 Å². The summed E-state index contributed by atoms with van der Waals surface area (Å²) in [7, 11) is 0. The van der Waals surface area contributed by atoms with Gasteiger partial charge in [-0.3, -0.25) is 0 Å². The molecule has 8 heteroatoms. The number of benzene rings is 1. The number of fused-ring (bicyclic) bond motifs is 2. The van der Waals surface area contributed by atoms with E-state index in [-0.39, 0.29) is 6.79 Å². The van der Waals surface area contributed by atoms with Crippen molar-refractivity contribution in [3.05, 3.63) is 47.8 Å². The second-order valence-electron chi connectivity index (χ2n) is 5.66. The van der Waals surface area contributed by atoms with Gasteiger partial charge in [0.2, 0.25) is 6.79 Å². The second kappa shape index (κ2) is 5.66. The Hall–Kier alpha value is -2.74. The summed E-state index contributed by atoms with van der Waals surface area (Å²) in [6.45, 7) is 0.441. The third-order valence-electron chi connectivity index (χ3n) is 4.07. The van der Waals surface area contributed by atoms with Crippen LogP contribution < -0.4 is 15.2 Å². The molecular weight excluding hydrogens is 335 g/mol. The topological polar surface area (TPSA) is 61.8 Å². The van der Waals surface area contributed by atoms with Crippen LogP contribution in [-0.4, -0.2) is 22.7 Å². The summed E-state index contributed by atoms with van der Waals surface area (Å²) >= 11 is 0. The SMILES string of the molecule is NCCc1c(-c2ccc3c(c2)OCO3)nc2ccc(C(F)(F)F)cn12. The number of halogens is 3. The van der Waals surface area contributed by atoms with Gasteiger partial charge in [-0.05, 0) is 36.9 Å². The molecule has 0 spiro atoms. The van der Waals surface area contributed by atoms with Crippen LogP contribution in [-0.2, 0) is 12.6 Å². The molecule has 1 aliphatic heterocycles. The Balaban J connectivity index is 1.90. The fourth-order valence-electron chi connectivity index (χ4n) is 2.91. The van der Waals surface area contributed by atoms with Crippen molar-refractivity contribution in [1.29, 1.82) is 0 Å². The third kappa shape index (κ3) is 2.68. The molecule has 0 bridgehead atoms. The van der Waals surface area contributed by atoms with Gasteiger partial charge < -0.3 is 19.6 Å². The fraction of sp³-hybridized carbons (Fsp3) is 0.235. The molecule has 3 heterocycles. The van der Waals surface area contributed by atoms with Gasteiger partial charge in [0.05, 0.1) is 17.0 Å². The van der Waals surface area contributed by atoms with Crippen LogP contribution in [0, 0.1) is 0 Å². The van der Waals surface area contributed by atoms with Gasteiger partial charge in [-0.2, -0.15) is 13.2 Å². The molecule has 0 saturated carbocycles. The molecule has 2 N–H and O–H groups in total. The summed E-state index contributed by atoms with van der Waals surface area (Å²) < 4.78 is 51.2. The molecule has 130 valence electrons. The Bertz CT molecular complexity index is 950. The third-order valence-corrected chi connectivity index (χ3v) is 4.07. The van der Waals surface area contributed by atoms with Crippen LogP contribution in [0.3, 0.4) is 0 Å². The van der Waals surface area contributed by atoms with Gasteiger partial charge in [0.1, 0.15) is 5.65 Å². The highest BCUT2D eigenvalue weighted by molar-refractivity contribution is 5.70. The van der Waals surface area contributed by atoms with E-state index >= 15 is 0 Å². The first-order valence-electron chi connectivity index (χ1n) is 7.65. The molecule has 0 aliphatic carbocycles. The Morgan fingerprint density at radius 1 is 1.12 bits per heavy atom. The molecule has 0 atom stereocenters. The van der Waals surface area contributed by atoms with Gasteiger partial charge in [0.15, 0.2) is 11.5 Å². The van der Waals surface area contributed by atoms with Crippen molar-refractivity contribution in [2.45, 2.75) is 12.6 Å². The maximum absolute atomic E-state index is 13.0. The first-order chi connectivity index (χ1) is 12.0. The number of ether oxygens (including phenoxy) is 2. The molecule has 25 heavy (non-hydrogen) atoms. The lowest BCUT2D eigenvalue weighted by molar-refractivity contribution is -0.137. The van der Waals surface area contributed by atoms with E-state index in [9.17, 15) is 13.2 Å². The average Bonchev–Trinajstić information content (AvgIpc) is 3.18. The number of imidazole rings is 1. The van der Waals surface area contributed by atoms with E-state index in [1.807, 2.05) is 0 Å². The number of alkyl halides is 3. The fourth-order valence-corrected chi connectivity index (χ4v) is 2.91. The number of nitrogens with two attached hydrogens (primary N) is 1. The molecule has 0 saturated heterocycles. The molecule has 0 unspecified atom stereocenters. The quantitative estimate of drug-likeness (QED) is 0.788. The standard InChI is InChI=1S/C17H14F3N3O2/c18-17(19,20)11-2-4-15-22-16(12(5-6-21)23(15)8-11)10-1-3-13-14(7-10)25-9-24-13/h1-4,7-8H,5-6,9,21H2. The van der Waals surface area contributed by atoms with Gasteiger partial charge in [-0.1, -0.05) is 0 Å². The number of aromatic nitrogens is 2. The van der Waals surface area contributed by atoms with Crippen molar-refractivity contribution in [2.24, 2.45) is 5.73 Å². The van der Waals surface area contributed by atoms with Gasteiger partial charge in [-0.15, -0.1) is 0 Å². The molecule has 0 amide bonds. The Kier molecular flexibility index (Phi) is 3.57. The van der Waals surface area contributed by atoms with Crippen LogP contribution in [0.15, 0.2) is 36.5 Å². The monoisotopic (exact) mass is 349 g/mol. The van der Waals surface area contributed by atoms with Crippen molar-refractivity contribution in [3.8, 4) is 22.8 Å². The van der Waals surface area contributed by atoms with Gasteiger partial charge >= 0.3 is 6.18 Å². The second-order valence-corrected chi connectivity index (χ2v) is 5.66. The minimum Gasteiger partial charge on any atom is -0.454 e. The minimum absolute atomic E-state index is 0.147. The lowest BCUT2D eigenvalue weighted by atomic mass is 10.1. The van der Waals surface area contributed by atoms with Gasteiger partial charge in [0, 0.05) is 18.2 Å². The van der Waals surface area contributed by atoms with Crippen LogP contribution in [0.2, 0.25) is 0 Å². The summed E-state index contributed by atoms with van der Waals surface area (Å²) in [5.41, 5.74) is 7.32. The molecule has 4 rings (SSSR count). The highest BCUT2D eigenvalue weighted by Gasteiger charge is 2.31. The molecule has 1 aromatic carbocycles. The maximum atomic E-state index is 13.0. The zero-order valence-electron chi connectivity index (χ0n) is 13.0. The van der Waals surface area contributed by atoms with E-state index in [1.54, 1.807) is 18.2 Å². The van der Waals surface area contributed by atoms with E-state index in [4.69, 9.17) is 15.2 Å². The number of nitrogens with zero attached hydrogens (tertiary/aromatic N) is 2. The van der Waals surface area contributed by atoms with Crippen molar-refractivity contribution < 1.29 is 22.6 Å². The number of hydrogen-bond acceptors (Lipinski definition) is 4. The number of hydrogen-bond donors (Lipinski definition) is 1. The maximum Gasteiger partial charge on any atom is 0.417 e. The van der Waals surface area contributed by atoms with E-state index in [1.165, 1.54) is 10.5 Å². The van der Waals surface area contributed by atoms with Gasteiger partial charge in [-0.25, -0.2) is 4.98 Å². The molecule has 1 aliphatic rings. The van der Waals surface area contributed by atoms with Crippen LogP contribution in [0.1, 0.15) is 11.3 Å². The normalized spacial score (nSPS) is 13.6. The lowest BCUT2D eigenvalue weighted by Gasteiger charge is -2.09. The van der Waals surface area contributed by atoms with E-state index < -0.39 is 11.7 Å². The first kappa shape index (κ1) is 15.8. The molecular formula is C17H14F3N3O2. The van der Waals surface area contributed by atoms with Gasteiger partial charge in [0.25, 0.3) is 0 Å². The zero-order chi connectivity index (χ0) is 17.6. The van der Waals surface area contributed by atoms with E-state index in [2.05, 4.69) is 4.98 Å². The largest absolute Gasteiger partial charge is 0.454 e. The predicted molar refractivity (Wildman–Crippen MR) is 84.5 cm³/mol. The summed E-state index contributed by atoms with van der Waals surface area (Å²) in [5, 5.41) is 0. The minimum atomic E-state index is -4.42. The zero-order valence-corrected chi connectivity index (χ0v) is 13.0. The van der Waals surface area contributed by atoms with Crippen LogP contribution >= 0.6 is 0 Å². The van der Waals surface area contributed by atoms with Crippen molar-refractivity contribution >= 4 is 5.65 Å². The van der Waals surface area contributed by atoms with Crippen LogP contribution in [0.5, 0.6) is 11.5 Å². The summed E-state index contributed by atoms with van der Waals surface area (Å²) in [6.07, 6.45) is -2.96. The van der Waals surface area contributed by atoms with Crippen LogP contribution in [0.4, 0.5) is 13.2 Å². The molecule has 2 aromatic heterocycles.